The van der Waals surface area contributed by atoms with Crippen molar-refractivity contribution in [2.24, 2.45) is 11.3 Å². The van der Waals surface area contributed by atoms with Crippen LogP contribution in [0.3, 0.4) is 0 Å². The fourth-order valence-corrected chi connectivity index (χ4v) is 3.38. The summed E-state index contributed by atoms with van der Waals surface area (Å²) in [5, 5.41) is 0. The predicted octanol–water partition coefficient (Wildman–Crippen LogP) is 3.18. The molecule has 2 aliphatic rings. The van der Waals surface area contributed by atoms with Crippen molar-refractivity contribution in [2.75, 3.05) is 6.54 Å². The van der Waals surface area contributed by atoms with Crippen LogP contribution >= 0.6 is 0 Å². The van der Waals surface area contributed by atoms with Crippen LogP contribution in [0.15, 0.2) is 24.3 Å². The predicted molar refractivity (Wildman–Crippen MR) is 72.2 cm³/mol. The Hall–Kier alpha value is -1.31. The van der Waals surface area contributed by atoms with Gasteiger partial charge >= 0.3 is 0 Å². The Morgan fingerprint density at radius 1 is 1.28 bits per heavy atom. The second kappa shape index (κ2) is 3.84. The molecule has 1 amide bonds. The van der Waals surface area contributed by atoms with E-state index < -0.39 is 0 Å². The zero-order valence-corrected chi connectivity index (χ0v) is 11.4. The van der Waals surface area contributed by atoms with E-state index in [9.17, 15) is 4.79 Å². The molecule has 0 N–H and O–H groups in total. The second-order valence-electron chi connectivity index (χ2n) is 6.73. The molecule has 1 aromatic carbocycles. The summed E-state index contributed by atoms with van der Waals surface area (Å²) in [7, 11) is 0. The summed E-state index contributed by atoms with van der Waals surface area (Å²) in [6, 6.07) is 8.95. The third-order valence-electron chi connectivity index (χ3n) is 4.21. The molecule has 2 bridgehead atoms. The first-order chi connectivity index (χ1) is 8.47. The molecule has 1 aromatic rings. The second-order valence-corrected chi connectivity index (χ2v) is 6.73. The molecule has 18 heavy (non-hydrogen) atoms. The van der Waals surface area contributed by atoms with Crippen LogP contribution < -0.4 is 0 Å². The van der Waals surface area contributed by atoms with Gasteiger partial charge in [-0.25, -0.2) is 0 Å². The highest BCUT2D eigenvalue weighted by Crippen LogP contribution is 2.44. The van der Waals surface area contributed by atoms with Crippen molar-refractivity contribution in [1.82, 2.24) is 4.90 Å². The normalized spacial score (nSPS) is 26.1. The summed E-state index contributed by atoms with van der Waals surface area (Å²) < 4.78 is 0. The van der Waals surface area contributed by atoms with Crippen molar-refractivity contribution < 1.29 is 4.79 Å². The highest BCUT2D eigenvalue weighted by molar-refractivity contribution is 5.82. The van der Waals surface area contributed by atoms with Crippen LogP contribution in [0.2, 0.25) is 0 Å². The van der Waals surface area contributed by atoms with Gasteiger partial charge in [-0.2, -0.15) is 0 Å². The number of amides is 1. The van der Waals surface area contributed by atoms with E-state index in [2.05, 4.69) is 29.2 Å². The molecule has 1 heterocycles. The van der Waals surface area contributed by atoms with Crippen LogP contribution in [0.25, 0.3) is 0 Å². The summed E-state index contributed by atoms with van der Waals surface area (Å²) in [4.78, 5) is 14.7. The summed E-state index contributed by atoms with van der Waals surface area (Å²) in [6.45, 7) is 6.99. The van der Waals surface area contributed by atoms with Crippen molar-refractivity contribution in [1.29, 1.82) is 0 Å². The van der Waals surface area contributed by atoms with Crippen molar-refractivity contribution in [3.63, 3.8) is 0 Å². The maximum absolute atomic E-state index is 12.5. The number of hydrogen-bond donors (Lipinski definition) is 0. The topological polar surface area (TPSA) is 20.3 Å². The van der Waals surface area contributed by atoms with Gasteiger partial charge < -0.3 is 4.90 Å². The van der Waals surface area contributed by atoms with E-state index in [-0.39, 0.29) is 5.41 Å². The molecule has 0 aromatic heterocycles. The lowest BCUT2D eigenvalue weighted by Gasteiger charge is -2.31. The molecular weight excluding hydrogens is 222 g/mol. The van der Waals surface area contributed by atoms with Crippen molar-refractivity contribution in [2.45, 2.75) is 39.7 Å². The van der Waals surface area contributed by atoms with Gasteiger partial charge in [0.15, 0.2) is 0 Å². The van der Waals surface area contributed by atoms with Crippen LogP contribution in [-0.4, -0.2) is 17.4 Å². The van der Waals surface area contributed by atoms with Gasteiger partial charge in [-0.05, 0) is 29.9 Å². The number of nitrogens with zero attached hydrogens (tertiary/aromatic N) is 1. The van der Waals surface area contributed by atoms with Crippen LogP contribution in [0.4, 0.5) is 0 Å². The fraction of sp³-hybridized carbons (Fsp3) is 0.562. The molecule has 0 saturated carbocycles. The fourth-order valence-electron chi connectivity index (χ4n) is 3.38. The molecular formula is C16H21NO. The Morgan fingerprint density at radius 3 is 2.72 bits per heavy atom. The summed E-state index contributed by atoms with van der Waals surface area (Å²) in [6.07, 6.45) is 2.29. The van der Waals surface area contributed by atoms with E-state index in [1.807, 2.05) is 20.8 Å². The maximum atomic E-state index is 12.5. The summed E-state index contributed by atoms with van der Waals surface area (Å²) in [5.74, 6) is 0.961. The van der Waals surface area contributed by atoms with Crippen LogP contribution in [0.5, 0.6) is 0 Å². The van der Waals surface area contributed by atoms with Gasteiger partial charge in [-0.1, -0.05) is 45.0 Å². The molecule has 0 spiro atoms. The van der Waals surface area contributed by atoms with E-state index in [0.717, 1.165) is 19.4 Å². The number of rotatable bonds is 0. The van der Waals surface area contributed by atoms with Crippen molar-refractivity contribution in [3.05, 3.63) is 35.4 Å². The van der Waals surface area contributed by atoms with Crippen LogP contribution in [0, 0.1) is 11.3 Å². The van der Waals surface area contributed by atoms with Gasteiger partial charge in [0.2, 0.25) is 5.91 Å². The number of likely N-dealkylation sites (tertiary alicyclic amines) is 1. The third-order valence-corrected chi connectivity index (χ3v) is 4.21. The largest absolute Gasteiger partial charge is 0.335 e. The monoisotopic (exact) mass is 243 g/mol. The van der Waals surface area contributed by atoms with Crippen LogP contribution in [-0.2, 0) is 11.2 Å². The molecule has 1 fully saturated rings. The Bertz CT molecular complexity index is 486. The van der Waals surface area contributed by atoms with Gasteiger partial charge in [0.1, 0.15) is 0 Å². The Balaban J connectivity index is 1.96. The SMILES string of the molecule is CC(C)(C)C(=O)N1C[C@H]2Cc3ccccc3[C@@H]1C2. The standard InChI is InChI=1S/C16H21NO/c1-16(2,3)15(18)17-10-11-8-12-6-4-5-7-13(12)14(17)9-11/h4-7,11,14H,8-10H2,1-3H3/t11-,14-/m0/s1. The smallest absolute Gasteiger partial charge is 0.228 e. The van der Waals surface area contributed by atoms with Gasteiger partial charge in [0, 0.05) is 12.0 Å². The molecule has 1 aliphatic heterocycles. The Labute approximate surface area is 109 Å². The average Bonchev–Trinajstić information content (AvgIpc) is 2.65. The number of benzene rings is 1. The molecule has 2 nitrogen and oxygen atoms in total. The Kier molecular flexibility index (Phi) is 2.51. The lowest BCUT2D eigenvalue weighted by molar-refractivity contribution is -0.140. The third kappa shape index (κ3) is 1.75. The molecule has 0 unspecified atom stereocenters. The molecule has 3 rings (SSSR count). The minimum absolute atomic E-state index is 0.271. The minimum atomic E-state index is -0.271. The number of hydrogen-bond acceptors (Lipinski definition) is 1. The number of carbonyl (C=O) groups excluding carboxylic acids is 1. The van der Waals surface area contributed by atoms with E-state index in [1.54, 1.807) is 0 Å². The minimum Gasteiger partial charge on any atom is -0.335 e. The number of carbonyl (C=O) groups is 1. The highest BCUT2D eigenvalue weighted by Gasteiger charge is 2.43. The molecule has 0 radical (unpaired) electrons. The van der Waals surface area contributed by atoms with E-state index in [1.165, 1.54) is 11.1 Å². The lowest BCUT2D eigenvalue weighted by atomic mass is 9.84. The molecule has 96 valence electrons. The van der Waals surface area contributed by atoms with Gasteiger partial charge in [-0.3, -0.25) is 4.79 Å². The first kappa shape index (κ1) is 11.8. The lowest BCUT2D eigenvalue weighted by Crippen LogP contribution is -2.39. The van der Waals surface area contributed by atoms with Gasteiger partial charge in [-0.15, -0.1) is 0 Å². The zero-order chi connectivity index (χ0) is 12.9. The van der Waals surface area contributed by atoms with E-state index in [0.29, 0.717) is 17.9 Å². The zero-order valence-electron chi connectivity index (χ0n) is 11.4. The average molecular weight is 243 g/mol. The maximum Gasteiger partial charge on any atom is 0.228 e. The number of fused-ring (bicyclic) bond motifs is 4. The summed E-state index contributed by atoms with van der Waals surface area (Å²) >= 11 is 0. The van der Waals surface area contributed by atoms with Gasteiger partial charge in [0.25, 0.3) is 0 Å². The molecule has 2 atom stereocenters. The molecule has 1 aliphatic carbocycles. The van der Waals surface area contributed by atoms with Crippen molar-refractivity contribution in [3.8, 4) is 0 Å². The van der Waals surface area contributed by atoms with Crippen LogP contribution in [0.1, 0.15) is 44.4 Å². The first-order valence-electron chi connectivity index (χ1n) is 6.85. The van der Waals surface area contributed by atoms with Crippen molar-refractivity contribution >= 4 is 5.91 Å². The van der Waals surface area contributed by atoms with E-state index >= 15 is 0 Å². The Morgan fingerprint density at radius 2 is 2.00 bits per heavy atom. The van der Waals surface area contributed by atoms with E-state index in [4.69, 9.17) is 0 Å². The molecule has 2 heteroatoms. The van der Waals surface area contributed by atoms with Gasteiger partial charge in [0.05, 0.1) is 6.04 Å². The highest BCUT2D eigenvalue weighted by atomic mass is 16.2. The summed E-state index contributed by atoms with van der Waals surface area (Å²) in [5.41, 5.74) is 2.55. The molecule has 1 saturated heterocycles. The quantitative estimate of drug-likeness (QED) is 0.685. The first-order valence-corrected chi connectivity index (χ1v) is 6.85.